The van der Waals surface area contributed by atoms with Crippen LogP contribution >= 0.6 is 0 Å². The van der Waals surface area contributed by atoms with Gasteiger partial charge in [-0.05, 0) is 61.1 Å². The molecule has 2 amide bonds. The number of piperazine rings is 1. The average Bonchev–Trinajstić information content (AvgIpc) is 3.15. The number of hydrogen-bond acceptors (Lipinski definition) is 7. The number of carbonyl (C=O) groups excluding carboxylic acids is 1. The summed E-state index contributed by atoms with van der Waals surface area (Å²) < 4.78 is 96.2. The van der Waals surface area contributed by atoms with E-state index in [1.807, 2.05) is 0 Å². The number of carbonyl (C=O) groups is 2. The quantitative estimate of drug-likeness (QED) is 0.282. The highest BCUT2D eigenvalue weighted by atomic mass is 32.2. The molecule has 3 N–H and O–H groups in total. The van der Waals surface area contributed by atoms with Crippen LogP contribution in [0, 0.1) is 11.6 Å². The fourth-order valence-electron chi connectivity index (χ4n) is 6.23. The monoisotopic (exact) mass is 696 g/mol. The van der Waals surface area contributed by atoms with Gasteiger partial charge < -0.3 is 15.7 Å². The topological polar surface area (TPSA) is 145 Å². The third-order valence-corrected chi connectivity index (χ3v) is 10.6. The highest BCUT2D eigenvalue weighted by Gasteiger charge is 2.40. The molecule has 2 bridgehead atoms. The molecule has 48 heavy (non-hydrogen) atoms. The van der Waals surface area contributed by atoms with Crippen LogP contribution in [0.1, 0.15) is 47.7 Å². The molecule has 0 radical (unpaired) electrons. The first-order valence-electron chi connectivity index (χ1n) is 15.1. The predicted molar refractivity (Wildman–Crippen MR) is 164 cm³/mol. The molecule has 2 aliphatic rings. The van der Waals surface area contributed by atoms with Crippen molar-refractivity contribution in [3.63, 3.8) is 0 Å². The Labute approximate surface area is 273 Å². The van der Waals surface area contributed by atoms with Gasteiger partial charge in [-0.3, -0.25) is 9.69 Å². The molecule has 0 spiro atoms. The van der Waals surface area contributed by atoms with Crippen molar-refractivity contribution < 1.29 is 45.1 Å². The second kappa shape index (κ2) is 14.1. The zero-order chi connectivity index (χ0) is 34.8. The lowest BCUT2D eigenvalue weighted by Crippen LogP contribution is -2.57. The Morgan fingerprint density at radius 1 is 1.10 bits per heavy atom. The summed E-state index contributed by atoms with van der Waals surface area (Å²) >= 11 is 0. The molecule has 0 saturated carbocycles. The highest BCUT2D eigenvalue weighted by Crippen LogP contribution is 2.34. The molecule has 5 atom stereocenters. The molecular weight excluding hydrogens is 663 g/mol. The number of nitrogens with one attached hydrogen (secondary N) is 2. The van der Waals surface area contributed by atoms with Gasteiger partial charge in [0.05, 0.1) is 5.75 Å². The van der Waals surface area contributed by atoms with Gasteiger partial charge in [0.15, 0.2) is 0 Å². The maximum absolute atomic E-state index is 15.3. The molecule has 2 aromatic carbocycles. The van der Waals surface area contributed by atoms with Crippen LogP contribution in [0.2, 0.25) is 0 Å². The lowest BCUT2D eigenvalue weighted by molar-refractivity contribution is -0.145. The lowest BCUT2D eigenvalue weighted by atomic mass is 9.85. The predicted octanol–water partition coefficient (Wildman–Crippen LogP) is 4.22. The Kier molecular flexibility index (Phi) is 10.3. The van der Waals surface area contributed by atoms with Gasteiger partial charge in [0.1, 0.15) is 17.7 Å². The molecule has 3 aromatic rings. The van der Waals surface area contributed by atoms with Gasteiger partial charge >= 0.3 is 12.3 Å². The van der Waals surface area contributed by atoms with E-state index in [0.717, 1.165) is 38.0 Å². The van der Waals surface area contributed by atoms with E-state index in [9.17, 15) is 40.7 Å². The van der Waals surface area contributed by atoms with Crippen LogP contribution in [0.15, 0.2) is 54.9 Å². The van der Waals surface area contributed by atoms with Gasteiger partial charge in [0.25, 0.3) is 0 Å². The summed E-state index contributed by atoms with van der Waals surface area (Å²) in [5.74, 6) is -5.10. The first-order chi connectivity index (χ1) is 22.7. The second-order valence-corrected chi connectivity index (χ2v) is 13.8. The number of halogens is 5. The number of aromatic nitrogens is 2. The van der Waals surface area contributed by atoms with Crippen molar-refractivity contribution in [1.82, 2.24) is 24.5 Å². The maximum atomic E-state index is 15.3. The molecule has 1 aromatic heterocycles. The van der Waals surface area contributed by atoms with Crippen molar-refractivity contribution in [2.45, 2.75) is 55.9 Å². The Balaban J connectivity index is 1.47. The number of carboxylic acid groups (broad SMARTS) is 1. The molecule has 11 nitrogen and oxygen atoms in total. The molecule has 2 aliphatic heterocycles. The van der Waals surface area contributed by atoms with Crippen molar-refractivity contribution in [3.05, 3.63) is 89.0 Å². The third-order valence-electron chi connectivity index (χ3n) is 8.68. The molecule has 1 unspecified atom stereocenters. The average molecular weight is 697 g/mol. The van der Waals surface area contributed by atoms with Crippen molar-refractivity contribution in [2.75, 3.05) is 31.2 Å². The number of anilines is 1. The van der Waals surface area contributed by atoms with E-state index >= 15 is 4.39 Å². The number of hydrogen-bond donors (Lipinski definition) is 3. The van der Waals surface area contributed by atoms with Crippen LogP contribution < -0.4 is 10.6 Å². The Bertz CT molecular complexity index is 1740. The summed E-state index contributed by atoms with van der Waals surface area (Å²) in [6, 6.07) is 6.35. The summed E-state index contributed by atoms with van der Waals surface area (Å²) in [6.45, 7) is 0.662. The van der Waals surface area contributed by atoms with Gasteiger partial charge in [-0.1, -0.05) is 18.2 Å². The standard InChI is InChI=1S/C31H33F5N6O5S/c1-41(30(44)45)27(26(18-7-9-20(32)10-8-18)19-14-38-29(39-15-19)31(34,35)36)28(43)40-25-6-2-5-24(33)23(25)12-11-22-16-37-21-4-3-13-48(46,47)42(22)17-21/h2,5-10,14-15,21-22,26-27,37H,3-4,11-13,16-17H2,1H3,(H,40,43)(H,44,45)/t21-,22+,26+,27+/m1/s1. The lowest BCUT2D eigenvalue weighted by Gasteiger charge is -2.37. The van der Waals surface area contributed by atoms with Gasteiger partial charge in [-0.2, -0.15) is 17.5 Å². The number of benzene rings is 2. The van der Waals surface area contributed by atoms with Crippen LogP contribution in [0.5, 0.6) is 0 Å². The molecule has 0 aliphatic carbocycles. The fourth-order valence-corrected chi connectivity index (χ4v) is 8.04. The zero-order valence-corrected chi connectivity index (χ0v) is 26.4. The molecular formula is C31H33F5N6O5S. The number of sulfonamides is 1. The Morgan fingerprint density at radius 3 is 2.44 bits per heavy atom. The van der Waals surface area contributed by atoms with Gasteiger partial charge in [0, 0.05) is 61.8 Å². The van der Waals surface area contributed by atoms with E-state index in [1.54, 1.807) is 0 Å². The molecule has 258 valence electrons. The van der Waals surface area contributed by atoms with Crippen LogP contribution in [0.3, 0.4) is 0 Å². The van der Waals surface area contributed by atoms with Gasteiger partial charge in [0.2, 0.25) is 21.8 Å². The first-order valence-corrected chi connectivity index (χ1v) is 16.7. The number of amides is 2. The van der Waals surface area contributed by atoms with E-state index in [2.05, 4.69) is 20.6 Å². The summed E-state index contributed by atoms with van der Waals surface area (Å²) in [5, 5.41) is 15.9. The van der Waals surface area contributed by atoms with Crippen molar-refractivity contribution in [1.29, 1.82) is 0 Å². The van der Waals surface area contributed by atoms with Crippen LogP contribution in [0.25, 0.3) is 0 Å². The van der Waals surface area contributed by atoms with Crippen molar-refractivity contribution >= 4 is 27.7 Å². The van der Waals surface area contributed by atoms with Gasteiger partial charge in [-0.25, -0.2) is 32.0 Å². The van der Waals surface area contributed by atoms with Crippen molar-refractivity contribution in [3.8, 4) is 0 Å². The summed E-state index contributed by atoms with van der Waals surface area (Å²) in [4.78, 5) is 33.7. The number of fused-ring (bicyclic) bond motifs is 2. The summed E-state index contributed by atoms with van der Waals surface area (Å²) in [7, 11) is -2.44. The Hall–Kier alpha value is -4.22. The first kappa shape index (κ1) is 35.1. The Morgan fingerprint density at radius 2 is 1.79 bits per heavy atom. The second-order valence-electron chi connectivity index (χ2n) is 11.8. The minimum atomic E-state index is -4.88. The van der Waals surface area contributed by atoms with E-state index in [1.165, 1.54) is 34.6 Å². The summed E-state index contributed by atoms with van der Waals surface area (Å²) in [6.07, 6.45) is -3.36. The number of nitrogens with zero attached hydrogens (tertiary/aromatic N) is 4. The number of likely N-dealkylation sites (N-methyl/N-ethyl adjacent to an activating group) is 1. The summed E-state index contributed by atoms with van der Waals surface area (Å²) in [5.41, 5.74) is 0.122. The van der Waals surface area contributed by atoms with Crippen LogP contribution in [0.4, 0.5) is 32.4 Å². The van der Waals surface area contributed by atoms with E-state index in [-0.39, 0.29) is 47.0 Å². The molecule has 2 saturated heterocycles. The zero-order valence-electron chi connectivity index (χ0n) is 25.6. The maximum Gasteiger partial charge on any atom is 0.451 e. The highest BCUT2D eigenvalue weighted by molar-refractivity contribution is 7.89. The number of alkyl halides is 3. The largest absolute Gasteiger partial charge is 0.465 e. The van der Waals surface area contributed by atoms with Gasteiger partial charge in [-0.15, -0.1) is 0 Å². The smallest absolute Gasteiger partial charge is 0.451 e. The van der Waals surface area contributed by atoms with E-state index < -0.39 is 63.7 Å². The SMILES string of the molecule is CN(C(=O)O)[C@H](C(=O)Nc1cccc(F)c1CC[C@H]1CN[C@@H]2CCCS(=O)(=O)N1C2)[C@@H](c1ccc(F)cc1)c1cnc(C(F)(F)F)nc1. The van der Waals surface area contributed by atoms with Crippen molar-refractivity contribution in [2.24, 2.45) is 0 Å². The number of rotatable bonds is 9. The van der Waals surface area contributed by atoms with Crippen LogP contribution in [-0.4, -0.2) is 88.7 Å². The third kappa shape index (κ3) is 7.73. The van der Waals surface area contributed by atoms with E-state index in [4.69, 9.17) is 0 Å². The van der Waals surface area contributed by atoms with E-state index in [0.29, 0.717) is 24.4 Å². The minimum absolute atomic E-state index is 0.00863. The fraction of sp³-hybridized carbons (Fsp3) is 0.419. The molecule has 17 heteroatoms. The molecule has 2 fully saturated rings. The molecule has 3 heterocycles. The minimum Gasteiger partial charge on any atom is -0.465 e. The molecule has 5 rings (SSSR count). The normalized spacial score (nSPS) is 21.8. The van der Waals surface area contributed by atoms with Crippen LogP contribution in [-0.2, 0) is 27.4 Å².